The van der Waals surface area contributed by atoms with Crippen molar-refractivity contribution in [2.45, 2.75) is 48.2 Å². The van der Waals surface area contributed by atoms with Crippen molar-refractivity contribution < 1.29 is 22.9 Å². The number of hydrogen-bond donors (Lipinski definition) is 1. The van der Waals surface area contributed by atoms with Gasteiger partial charge in [-0.2, -0.15) is 4.31 Å². The van der Waals surface area contributed by atoms with E-state index < -0.39 is 20.2 Å². The molecule has 1 unspecified atom stereocenters. The number of nitro benzene ring substituents is 1. The maximum Gasteiger partial charge on any atom is 0.269 e. The third-order valence-corrected chi connectivity index (χ3v) is 8.21. The highest BCUT2D eigenvalue weighted by molar-refractivity contribution is 8.00. The Balaban J connectivity index is 1.76. The Morgan fingerprint density at radius 3 is 2.45 bits per heavy atom. The van der Waals surface area contributed by atoms with E-state index in [9.17, 15) is 23.3 Å². The molecular formula is C22H27N3O6S2. The largest absolute Gasteiger partial charge is 0.492 e. The number of piperidine rings is 1. The van der Waals surface area contributed by atoms with Gasteiger partial charge >= 0.3 is 0 Å². The molecule has 0 spiro atoms. The van der Waals surface area contributed by atoms with Gasteiger partial charge in [-0.15, -0.1) is 11.8 Å². The summed E-state index contributed by atoms with van der Waals surface area (Å²) in [6.07, 6.45) is 2.64. The molecule has 1 fully saturated rings. The Labute approximate surface area is 197 Å². The van der Waals surface area contributed by atoms with E-state index in [0.717, 1.165) is 19.3 Å². The fraction of sp³-hybridized carbons (Fsp3) is 0.409. The van der Waals surface area contributed by atoms with Gasteiger partial charge in [-0.3, -0.25) is 14.9 Å². The molecule has 0 bridgehead atoms. The van der Waals surface area contributed by atoms with Crippen LogP contribution >= 0.6 is 11.8 Å². The quantitative estimate of drug-likeness (QED) is 0.314. The molecular weight excluding hydrogens is 466 g/mol. The monoisotopic (exact) mass is 493 g/mol. The fourth-order valence-corrected chi connectivity index (χ4v) is 6.00. The number of ether oxygens (including phenoxy) is 1. The van der Waals surface area contributed by atoms with E-state index in [4.69, 9.17) is 4.74 Å². The SMILES string of the molecule is CCOc1ccc(NC(=O)C(C)Sc2ccc([N+](=O)[O-])cc2)cc1S(=O)(=O)N1CCCCC1. The van der Waals surface area contributed by atoms with Crippen LogP contribution in [0.25, 0.3) is 0 Å². The van der Waals surface area contributed by atoms with Crippen LogP contribution in [0.4, 0.5) is 11.4 Å². The molecule has 1 aliphatic rings. The van der Waals surface area contributed by atoms with Crippen LogP contribution in [0.5, 0.6) is 5.75 Å². The second kappa shape index (κ2) is 11.0. The van der Waals surface area contributed by atoms with E-state index in [-0.39, 0.29) is 22.2 Å². The van der Waals surface area contributed by atoms with E-state index in [1.165, 1.54) is 34.3 Å². The lowest BCUT2D eigenvalue weighted by Gasteiger charge is -2.27. The molecule has 0 aromatic heterocycles. The summed E-state index contributed by atoms with van der Waals surface area (Å²) < 4.78 is 33.5. The number of nitrogens with zero attached hydrogens (tertiary/aromatic N) is 2. The minimum absolute atomic E-state index is 0.0201. The molecule has 0 radical (unpaired) electrons. The van der Waals surface area contributed by atoms with Gasteiger partial charge in [-0.05, 0) is 57.0 Å². The van der Waals surface area contributed by atoms with Crippen molar-refractivity contribution in [3.63, 3.8) is 0 Å². The third kappa shape index (κ3) is 6.24. The van der Waals surface area contributed by atoms with E-state index >= 15 is 0 Å². The summed E-state index contributed by atoms with van der Waals surface area (Å²) in [4.78, 5) is 23.8. The molecule has 3 rings (SSSR count). The van der Waals surface area contributed by atoms with Crippen LogP contribution in [0.15, 0.2) is 52.3 Å². The van der Waals surface area contributed by atoms with Crippen molar-refractivity contribution >= 4 is 39.1 Å². The first-order valence-electron chi connectivity index (χ1n) is 10.7. The average molecular weight is 494 g/mol. The Hall–Kier alpha value is -2.63. The van der Waals surface area contributed by atoms with E-state index in [1.807, 2.05) is 0 Å². The Morgan fingerprint density at radius 2 is 1.85 bits per heavy atom. The van der Waals surface area contributed by atoms with E-state index in [1.54, 1.807) is 38.1 Å². The van der Waals surface area contributed by atoms with Gasteiger partial charge in [-0.25, -0.2) is 8.42 Å². The molecule has 0 aliphatic carbocycles. The molecule has 178 valence electrons. The minimum atomic E-state index is -3.76. The van der Waals surface area contributed by atoms with Gasteiger partial charge in [0.1, 0.15) is 10.6 Å². The topological polar surface area (TPSA) is 119 Å². The van der Waals surface area contributed by atoms with Crippen LogP contribution in [0.1, 0.15) is 33.1 Å². The van der Waals surface area contributed by atoms with E-state index in [0.29, 0.717) is 30.3 Å². The number of nitro groups is 1. The first kappa shape index (κ1) is 25.0. The second-order valence-corrected chi connectivity index (χ2v) is 10.9. The average Bonchev–Trinajstić information content (AvgIpc) is 2.81. The summed E-state index contributed by atoms with van der Waals surface area (Å²) in [6.45, 7) is 4.74. The van der Waals surface area contributed by atoms with Crippen molar-refractivity contribution in [2.75, 3.05) is 25.0 Å². The Morgan fingerprint density at radius 1 is 1.18 bits per heavy atom. The maximum absolute atomic E-state index is 13.3. The summed E-state index contributed by atoms with van der Waals surface area (Å²) >= 11 is 1.25. The first-order valence-corrected chi connectivity index (χ1v) is 13.0. The molecule has 1 heterocycles. The zero-order valence-corrected chi connectivity index (χ0v) is 20.2. The number of benzene rings is 2. The molecule has 0 saturated carbocycles. The van der Waals surface area contributed by atoms with Crippen molar-refractivity contribution in [3.05, 3.63) is 52.6 Å². The molecule has 33 heavy (non-hydrogen) atoms. The van der Waals surface area contributed by atoms with Gasteiger partial charge in [0, 0.05) is 35.8 Å². The number of nitrogens with one attached hydrogen (secondary N) is 1. The summed E-state index contributed by atoms with van der Waals surface area (Å²) in [5, 5.41) is 13.0. The number of rotatable bonds is 9. The summed E-state index contributed by atoms with van der Waals surface area (Å²) in [7, 11) is -3.76. The molecule has 1 saturated heterocycles. The van der Waals surface area contributed by atoms with Crippen molar-refractivity contribution in [1.29, 1.82) is 0 Å². The summed E-state index contributed by atoms with van der Waals surface area (Å²) in [6, 6.07) is 10.6. The number of anilines is 1. The minimum Gasteiger partial charge on any atom is -0.492 e. The number of non-ortho nitro benzene ring substituents is 1. The van der Waals surface area contributed by atoms with Crippen molar-refractivity contribution in [3.8, 4) is 5.75 Å². The highest BCUT2D eigenvalue weighted by atomic mass is 32.2. The fourth-order valence-electron chi connectivity index (χ4n) is 3.45. The van der Waals surface area contributed by atoms with Crippen LogP contribution in [-0.4, -0.2) is 48.5 Å². The number of hydrogen-bond acceptors (Lipinski definition) is 7. The Kier molecular flexibility index (Phi) is 8.33. The molecule has 11 heteroatoms. The molecule has 1 atom stereocenters. The lowest BCUT2D eigenvalue weighted by atomic mass is 10.2. The lowest BCUT2D eigenvalue weighted by Crippen LogP contribution is -2.35. The lowest BCUT2D eigenvalue weighted by molar-refractivity contribution is -0.384. The summed E-state index contributed by atoms with van der Waals surface area (Å²) in [5.41, 5.74) is 0.337. The number of carbonyl (C=O) groups is 1. The van der Waals surface area contributed by atoms with E-state index in [2.05, 4.69) is 5.32 Å². The molecule has 2 aromatic carbocycles. The van der Waals surface area contributed by atoms with Crippen LogP contribution in [0, 0.1) is 10.1 Å². The van der Waals surface area contributed by atoms with Crippen LogP contribution in [0.3, 0.4) is 0 Å². The summed E-state index contributed by atoms with van der Waals surface area (Å²) in [5.74, 6) is -0.0572. The van der Waals surface area contributed by atoms with Crippen LogP contribution in [0.2, 0.25) is 0 Å². The molecule has 1 amide bonds. The van der Waals surface area contributed by atoms with Crippen molar-refractivity contribution in [1.82, 2.24) is 4.31 Å². The maximum atomic E-state index is 13.3. The number of amides is 1. The smallest absolute Gasteiger partial charge is 0.269 e. The van der Waals surface area contributed by atoms with Gasteiger partial charge in [0.05, 0.1) is 16.8 Å². The van der Waals surface area contributed by atoms with Gasteiger partial charge in [0.2, 0.25) is 15.9 Å². The molecule has 1 aliphatic heterocycles. The van der Waals surface area contributed by atoms with Gasteiger partial charge < -0.3 is 10.1 Å². The second-order valence-electron chi connectivity index (χ2n) is 7.56. The van der Waals surface area contributed by atoms with Gasteiger partial charge in [-0.1, -0.05) is 6.42 Å². The number of thioether (sulfide) groups is 1. The normalized spacial score (nSPS) is 15.6. The molecule has 2 aromatic rings. The predicted molar refractivity (Wildman–Crippen MR) is 127 cm³/mol. The van der Waals surface area contributed by atoms with Crippen LogP contribution < -0.4 is 10.1 Å². The standard InChI is InChI=1S/C22H27N3O6S2/c1-3-31-20-12-7-17(15-21(20)33(29,30)24-13-5-4-6-14-24)23-22(26)16(2)32-19-10-8-18(9-11-19)25(27)28/h7-12,15-16H,3-6,13-14H2,1-2H3,(H,23,26). The molecule has 1 N–H and O–H groups in total. The highest BCUT2D eigenvalue weighted by Gasteiger charge is 2.29. The Bertz CT molecular complexity index is 1100. The van der Waals surface area contributed by atoms with Gasteiger partial charge in [0.15, 0.2) is 0 Å². The first-order chi connectivity index (χ1) is 15.7. The van der Waals surface area contributed by atoms with Gasteiger partial charge in [0.25, 0.3) is 5.69 Å². The highest BCUT2D eigenvalue weighted by Crippen LogP contribution is 2.32. The number of sulfonamides is 1. The zero-order valence-electron chi connectivity index (χ0n) is 18.5. The number of carbonyl (C=O) groups excluding carboxylic acids is 1. The third-order valence-electron chi connectivity index (χ3n) is 5.17. The van der Waals surface area contributed by atoms with Crippen LogP contribution in [-0.2, 0) is 14.8 Å². The zero-order chi connectivity index (χ0) is 24.0. The molecule has 9 nitrogen and oxygen atoms in total. The van der Waals surface area contributed by atoms with Crippen molar-refractivity contribution in [2.24, 2.45) is 0 Å². The predicted octanol–water partition coefficient (Wildman–Crippen LogP) is 4.29.